The molecule has 4 aromatic carbocycles. The number of aliphatic hydroxyl groups excluding tert-OH is 2. The van der Waals surface area contributed by atoms with Crippen LogP contribution in [0.5, 0.6) is 0 Å². The van der Waals surface area contributed by atoms with E-state index in [9.17, 15) is 19.8 Å². The van der Waals surface area contributed by atoms with E-state index in [0.717, 1.165) is 59.1 Å². The van der Waals surface area contributed by atoms with Gasteiger partial charge >= 0.3 is 98.8 Å². The molecule has 0 saturated heterocycles. The summed E-state index contributed by atoms with van der Waals surface area (Å²) in [5, 5.41) is 22.1. The Labute approximate surface area is 495 Å². The molecule has 0 fully saturated rings. The van der Waals surface area contributed by atoms with E-state index in [1.807, 2.05) is 104 Å². The van der Waals surface area contributed by atoms with Crippen molar-refractivity contribution in [1.29, 1.82) is 0 Å². The molecule has 68 heavy (non-hydrogen) atoms. The number of carbonyl (C=O) groups excluding carboxylic acids is 2. The molecule has 0 aliphatic heterocycles. The molecule has 0 bridgehead atoms. The number of aliphatic hydroxyl groups is 2. The topological polar surface area (TPSA) is 74.6 Å². The van der Waals surface area contributed by atoms with Crippen molar-refractivity contribution >= 4 is 129 Å². The van der Waals surface area contributed by atoms with Crippen LogP contribution in [0, 0.1) is 45.3 Å². The summed E-state index contributed by atoms with van der Waals surface area (Å²) in [7, 11) is 1.25. The molecule has 4 aliphatic carbocycles. The second-order valence-corrected chi connectivity index (χ2v) is 42.1. The zero-order valence-electron chi connectivity index (χ0n) is 43.4. The standard InChI is InChI=1S/C24H30O2.C24H26O2.4C2H6.I2.4HI.2V/c2*1-23(2,19-13-15-9-5-7-11-17(15)21(19)25)24(3,4)20-14-16-10-6-8-12-18(16)22(20)26;5*1-2;;;;;;/h5-12,19-22,25-26H,13-14H2,1-4H3;5-12,19-20H,13-14H2,1-4H3;4*1-2H3;;4*1H;;/q;;;;;;;;;;;2*+2/p-4. The third-order valence-corrected chi connectivity index (χ3v) is 15.4. The zero-order chi connectivity index (χ0) is 52.8. The van der Waals surface area contributed by atoms with Gasteiger partial charge in [-0.1, -0.05) is 208 Å². The molecule has 0 amide bonds. The average molecular weight is 1680 g/mol. The molecule has 0 heterocycles. The minimum absolute atomic E-state index is 0.0774. The van der Waals surface area contributed by atoms with Gasteiger partial charge in [0.25, 0.3) is 0 Å². The van der Waals surface area contributed by atoms with Crippen molar-refractivity contribution < 1.29 is 38.7 Å². The van der Waals surface area contributed by atoms with E-state index in [1.54, 1.807) is 0 Å². The Bertz CT molecular complexity index is 1940. The SMILES string of the molecule is CC.CC.CC.CC.CC(C)(C1Cc2ccccc2C1=O)C(C)(C)C1Cc2ccccc2C1=O.CC(C)(C1Cc2ccccc2C1O)C(C)(C)C1Cc2ccccc2C1O.II.[I][V][I].[I][V][I]. The van der Waals surface area contributed by atoms with Crippen LogP contribution in [-0.2, 0) is 44.6 Å². The predicted molar refractivity (Wildman–Crippen MR) is 338 cm³/mol. The summed E-state index contributed by atoms with van der Waals surface area (Å²) in [4.78, 5) is 26.2. The maximum absolute atomic E-state index is 13.1. The van der Waals surface area contributed by atoms with Crippen LogP contribution in [0.1, 0.15) is 177 Å². The Hall–Kier alpha value is 1.69. The van der Waals surface area contributed by atoms with Crippen LogP contribution < -0.4 is 0 Å². The normalized spacial score (nSPS) is 20.2. The number of carbonyl (C=O) groups is 2. The Balaban J connectivity index is 0.00000102. The summed E-state index contributed by atoms with van der Waals surface area (Å²) in [6.07, 6.45) is 2.51. The Kier molecular flexibility index (Phi) is 35.2. The number of hydrogen-bond acceptors (Lipinski definition) is 4. The molecule has 8 rings (SSSR count). The third-order valence-electron chi connectivity index (χ3n) is 15.4. The molecule has 0 aromatic heterocycles. The summed E-state index contributed by atoms with van der Waals surface area (Å²) >= 11 is 13.7. The van der Waals surface area contributed by atoms with Crippen molar-refractivity contribution in [3.05, 3.63) is 142 Å². The molecule has 4 nitrogen and oxygen atoms in total. The first-order chi connectivity index (χ1) is 32.3. The quantitative estimate of drug-likeness (QED) is 0.189. The fourth-order valence-electron chi connectivity index (χ4n) is 10.3. The molecule has 4 aliphatic rings. The first kappa shape index (κ1) is 69.7. The van der Waals surface area contributed by atoms with Gasteiger partial charge in [-0.15, -0.1) is 0 Å². The van der Waals surface area contributed by atoms with Gasteiger partial charge in [-0.25, -0.2) is 0 Å². The first-order valence-corrected chi connectivity index (χ1v) is 48.4. The molecule has 6 unspecified atom stereocenters. The van der Waals surface area contributed by atoms with E-state index in [1.165, 1.54) is 11.1 Å². The van der Waals surface area contributed by atoms with Crippen LogP contribution >= 0.6 is 117 Å². The van der Waals surface area contributed by atoms with Crippen molar-refractivity contribution in [2.24, 2.45) is 45.3 Å². The van der Waals surface area contributed by atoms with E-state index in [2.05, 4.69) is 221 Å². The number of ketones is 2. The number of benzene rings is 4. The summed E-state index contributed by atoms with van der Waals surface area (Å²) < 4.78 is 0. The molecule has 0 radical (unpaired) electrons. The second-order valence-electron chi connectivity index (χ2n) is 18.5. The molecule has 2 N–H and O–H groups in total. The molecular formula is C56H80I6O4V2. The van der Waals surface area contributed by atoms with E-state index in [4.69, 9.17) is 0 Å². The van der Waals surface area contributed by atoms with Gasteiger partial charge in [0.05, 0.1) is 12.2 Å². The second kappa shape index (κ2) is 34.4. The number of rotatable bonds is 6. The molecule has 12 heteroatoms. The van der Waals surface area contributed by atoms with E-state index in [-0.39, 0.29) is 56.9 Å². The van der Waals surface area contributed by atoms with Crippen molar-refractivity contribution in [3.63, 3.8) is 0 Å². The van der Waals surface area contributed by atoms with Crippen molar-refractivity contribution in [1.82, 2.24) is 0 Å². The van der Waals surface area contributed by atoms with Crippen LogP contribution in [0.25, 0.3) is 0 Å². The Morgan fingerprint density at radius 1 is 0.412 bits per heavy atom. The molecular weight excluding hydrogens is 1600 g/mol. The van der Waals surface area contributed by atoms with Crippen LogP contribution in [0.2, 0.25) is 0 Å². The predicted octanol–water partition coefficient (Wildman–Crippen LogP) is 19.4. The minimum atomic E-state index is -0.429. The number of halogens is 6. The van der Waals surface area contributed by atoms with Crippen LogP contribution in [0.15, 0.2) is 97.1 Å². The van der Waals surface area contributed by atoms with Crippen LogP contribution in [0.3, 0.4) is 0 Å². The fourth-order valence-corrected chi connectivity index (χ4v) is 10.3. The monoisotopic (exact) mass is 1680 g/mol. The third kappa shape index (κ3) is 16.4. The van der Waals surface area contributed by atoms with Gasteiger partial charge in [-0.3, -0.25) is 9.59 Å². The summed E-state index contributed by atoms with van der Waals surface area (Å²) in [6.45, 7) is 33.8. The molecule has 4 aromatic rings. The van der Waals surface area contributed by atoms with E-state index < -0.39 is 12.2 Å². The summed E-state index contributed by atoms with van der Waals surface area (Å²) in [5.41, 5.74) is 7.89. The molecule has 6 atom stereocenters. The van der Waals surface area contributed by atoms with Gasteiger partial charge < -0.3 is 10.2 Å². The van der Waals surface area contributed by atoms with E-state index in [0.29, 0.717) is 18.9 Å². The fraction of sp³-hybridized carbons (Fsp3) is 0.536. The maximum atomic E-state index is 13.1. The molecule has 0 spiro atoms. The number of fused-ring (bicyclic) bond motifs is 4. The van der Waals surface area contributed by atoms with Gasteiger partial charge in [0.2, 0.25) is 0 Å². The van der Waals surface area contributed by atoms with Gasteiger partial charge in [0.15, 0.2) is 11.6 Å². The number of Topliss-reactive ketones (excluding diaryl/α,β-unsaturated/α-hetero) is 2. The molecule has 380 valence electrons. The van der Waals surface area contributed by atoms with Crippen molar-refractivity contribution in [2.75, 3.05) is 0 Å². The van der Waals surface area contributed by atoms with Crippen LogP contribution in [-0.4, -0.2) is 21.8 Å². The van der Waals surface area contributed by atoms with Gasteiger partial charge in [0, 0.05) is 60.2 Å². The van der Waals surface area contributed by atoms with Crippen molar-refractivity contribution in [2.45, 2.75) is 149 Å². The number of hydrogen-bond donors (Lipinski definition) is 2. The summed E-state index contributed by atoms with van der Waals surface area (Å²) in [6, 6.07) is 32.4. The van der Waals surface area contributed by atoms with Gasteiger partial charge in [-0.05, 0) is 92.6 Å². The average Bonchev–Trinajstić information content (AvgIpc) is 4.11. The zero-order valence-corrected chi connectivity index (χ0v) is 59.1. The van der Waals surface area contributed by atoms with E-state index >= 15 is 0 Å². The van der Waals surface area contributed by atoms with Gasteiger partial charge in [0.1, 0.15) is 0 Å². The van der Waals surface area contributed by atoms with Crippen LogP contribution in [0.4, 0.5) is 0 Å². The first-order valence-electron chi connectivity index (χ1n) is 24.1. The Morgan fingerprint density at radius 3 is 0.897 bits per heavy atom. The molecule has 0 saturated carbocycles. The summed E-state index contributed by atoms with van der Waals surface area (Å²) in [5.74, 6) is 0.637. The van der Waals surface area contributed by atoms with Gasteiger partial charge in [-0.2, -0.15) is 0 Å². The Morgan fingerprint density at radius 2 is 0.647 bits per heavy atom. The van der Waals surface area contributed by atoms with Crippen molar-refractivity contribution in [3.8, 4) is 0 Å².